The molecule has 0 heterocycles. The van der Waals surface area contributed by atoms with Crippen LogP contribution in [0.2, 0.25) is 10.0 Å². The predicted molar refractivity (Wildman–Crippen MR) is 88.7 cm³/mol. The van der Waals surface area contributed by atoms with Gasteiger partial charge in [0, 0.05) is 17.3 Å². The summed E-state index contributed by atoms with van der Waals surface area (Å²) in [6, 6.07) is 13.0. The van der Waals surface area contributed by atoms with Gasteiger partial charge in [-0.2, -0.15) is 5.10 Å². The molecule has 0 aliphatic heterocycles. The van der Waals surface area contributed by atoms with E-state index in [1.807, 2.05) is 43.3 Å². The van der Waals surface area contributed by atoms with Crippen LogP contribution < -0.4 is 5.01 Å². The van der Waals surface area contributed by atoms with E-state index in [1.165, 1.54) is 0 Å². The third kappa shape index (κ3) is 2.87. The van der Waals surface area contributed by atoms with Crippen LogP contribution in [-0.4, -0.2) is 6.72 Å². The van der Waals surface area contributed by atoms with Crippen LogP contribution in [-0.2, 0) is 0 Å². The summed E-state index contributed by atoms with van der Waals surface area (Å²) >= 11 is 12.2. The molecule has 0 saturated heterocycles. The van der Waals surface area contributed by atoms with E-state index in [0.717, 1.165) is 16.8 Å². The van der Waals surface area contributed by atoms with Crippen molar-refractivity contribution in [2.45, 2.75) is 6.92 Å². The fourth-order valence-electron chi connectivity index (χ4n) is 2.00. The number of rotatable bonds is 4. The molecule has 2 nitrogen and oxygen atoms in total. The molecule has 2 rings (SSSR count). The zero-order valence-corrected chi connectivity index (χ0v) is 12.6. The van der Waals surface area contributed by atoms with Crippen LogP contribution in [0.15, 0.2) is 54.1 Å². The van der Waals surface area contributed by atoms with Gasteiger partial charge in [0.15, 0.2) is 0 Å². The molecule has 4 heteroatoms. The van der Waals surface area contributed by atoms with Gasteiger partial charge >= 0.3 is 0 Å². The number of hydrogen-bond donors (Lipinski definition) is 0. The van der Waals surface area contributed by atoms with Gasteiger partial charge in [-0.1, -0.05) is 48.0 Å². The summed E-state index contributed by atoms with van der Waals surface area (Å²) in [7, 11) is 0. The summed E-state index contributed by atoms with van der Waals surface area (Å²) in [5, 5.41) is 6.93. The Labute approximate surface area is 128 Å². The van der Waals surface area contributed by atoms with E-state index in [1.54, 1.807) is 11.1 Å². The van der Waals surface area contributed by atoms with Crippen LogP contribution in [0, 0.1) is 6.92 Å². The molecule has 0 N–H and O–H groups in total. The van der Waals surface area contributed by atoms with Crippen molar-refractivity contribution in [3.8, 4) is 0 Å². The highest BCUT2D eigenvalue weighted by molar-refractivity contribution is 6.33. The standard InChI is InChI=1S/C16H14Cl2N2/c1-11-10-13(17)8-9-14(11)12(2)20(19-3)16-7-5-4-6-15(16)18/h4-10H,2-3H2,1H3. The lowest BCUT2D eigenvalue weighted by Gasteiger charge is -2.23. The minimum atomic E-state index is 0.590. The summed E-state index contributed by atoms with van der Waals surface area (Å²) < 4.78 is 0. The molecule has 0 bridgehead atoms. The maximum Gasteiger partial charge on any atom is 0.0838 e. The van der Waals surface area contributed by atoms with Crippen LogP contribution in [0.4, 0.5) is 5.69 Å². The van der Waals surface area contributed by atoms with Crippen LogP contribution in [0.1, 0.15) is 11.1 Å². The van der Waals surface area contributed by atoms with Crippen molar-refractivity contribution in [2.24, 2.45) is 5.10 Å². The first-order chi connectivity index (χ1) is 9.54. The highest BCUT2D eigenvalue weighted by Crippen LogP contribution is 2.32. The molecule has 0 aliphatic rings. The number of halogens is 2. The van der Waals surface area contributed by atoms with E-state index in [4.69, 9.17) is 23.2 Å². The molecule has 0 amide bonds. The van der Waals surface area contributed by atoms with E-state index < -0.39 is 0 Å². The summed E-state index contributed by atoms with van der Waals surface area (Å²) in [6.07, 6.45) is 0. The molecule has 20 heavy (non-hydrogen) atoms. The number of hydrazone groups is 1. The zero-order chi connectivity index (χ0) is 14.7. The van der Waals surface area contributed by atoms with E-state index in [-0.39, 0.29) is 0 Å². The number of hydrogen-bond acceptors (Lipinski definition) is 2. The second-order valence-electron chi connectivity index (χ2n) is 4.31. The van der Waals surface area contributed by atoms with Crippen LogP contribution in [0.3, 0.4) is 0 Å². The first kappa shape index (κ1) is 14.6. The summed E-state index contributed by atoms with van der Waals surface area (Å²) in [5.41, 5.74) is 3.40. The topological polar surface area (TPSA) is 15.6 Å². The smallest absolute Gasteiger partial charge is 0.0838 e. The fourth-order valence-corrected chi connectivity index (χ4v) is 2.44. The quantitative estimate of drug-likeness (QED) is 0.546. The van der Waals surface area contributed by atoms with Crippen molar-refractivity contribution in [1.82, 2.24) is 0 Å². The second-order valence-corrected chi connectivity index (χ2v) is 5.15. The van der Waals surface area contributed by atoms with Gasteiger partial charge in [0.2, 0.25) is 0 Å². The van der Waals surface area contributed by atoms with Gasteiger partial charge in [-0.15, -0.1) is 0 Å². The van der Waals surface area contributed by atoms with E-state index >= 15 is 0 Å². The predicted octanol–water partition coefficient (Wildman–Crippen LogP) is 5.39. The molecule has 0 aromatic heterocycles. The number of para-hydroxylation sites is 1. The van der Waals surface area contributed by atoms with Gasteiger partial charge < -0.3 is 0 Å². The average Bonchev–Trinajstić information content (AvgIpc) is 2.41. The van der Waals surface area contributed by atoms with Crippen molar-refractivity contribution in [3.05, 3.63) is 70.2 Å². The maximum atomic E-state index is 6.20. The highest BCUT2D eigenvalue weighted by atomic mass is 35.5. The molecular weight excluding hydrogens is 291 g/mol. The van der Waals surface area contributed by atoms with Crippen LogP contribution in [0.25, 0.3) is 5.70 Å². The van der Waals surface area contributed by atoms with E-state index in [9.17, 15) is 0 Å². The van der Waals surface area contributed by atoms with Gasteiger partial charge in [-0.05, 0) is 36.8 Å². The third-order valence-corrected chi connectivity index (χ3v) is 3.53. The van der Waals surface area contributed by atoms with E-state index in [2.05, 4.69) is 18.4 Å². The van der Waals surface area contributed by atoms with Gasteiger partial charge in [0.25, 0.3) is 0 Å². The Bertz CT molecular complexity index is 665. The first-order valence-corrected chi connectivity index (χ1v) is 6.77. The van der Waals surface area contributed by atoms with Crippen molar-refractivity contribution in [1.29, 1.82) is 0 Å². The van der Waals surface area contributed by atoms with Gasteiger partial charge in [-0.25, -0.2) is 5.01 Å². The Morgan fingerprint density at radius 1 is 1.15 bits per heavy atom. The van der Waals surface area contributed by atoms with Crippen LogP contribution in [0.5, 0.6) is 0 Å². The molecule has 0 atom stereocenters. The molecular formula is C16H14Cl2N2. The second kappa shape index (κ2) is 6.12. The molecule has 2 aromatic carbocycles. The van der Waals surface area contributed by atoms with Gasteiger partial charge in [0.05, 0.1) is 16.4 Å². The van der Waals surface area contributed by atoms with Crippen LogP contribution >= 0.6 is 23.2 Å². The minimum absolute atomic E-state index is 0.590. The number of anilines is 1. The van der Waals surface area contributed by atoms with Gasteiger partial charge in [-0.3, -0.25) is 0 Å². The number of nitrogens with zero attached hydrogens (tertiary/aromatic N) is 2. The summed E-state index contributed by atoms with van der Waals surface area (Å²) in [4.78, 5) is 0. The van der Waals surface area contributed by atoms with Gasteiger partial charge in [0.1, 0.15) is 0 Å². The molecule has 2 aromatic rings. The summed E-state index contributed by atoms with van der Waals surface area (Å²) in [6.45, 7) is 9.67. The fraction of sp³-hybridized carbons (Fsp3) is 0.0625. The van der Waals surface area contributed by atoms with Crippen molar-refractivity contribution in [2.75, 3.05) is 5.01 Å². The number of aryl methyl sites for hydroxylation is 1. The normalized spacial score (nSPS) is 10.2. The lowest BCUT2D eigenvalue weighted by atomic mass is 10.1. The molecule has 0 fully saturated rings. The van der Waals surface area contributed by atoms with Crippen molar-refractivity contribution >= 4 is 41.3 Å². The molecule has 0 radical (unpaired) electrons. The SMILES string of the molecule is C=NN(C(=C)c1ccc(Cl)cc1C)c1ccccc1Cl. The Balaban J connectivity index is 2.45. The van der Waals surface area contributed by atoms with E-state index in [0.29, 0.717) is 15.7 Å². The maximum absolute atomic E-state index is 6.20. The van der Waals surface area contributed by atoms with Crippen molar-refractivity contribution in [3.63, 3.8) is 0 Å². The Kier molecular flexibility index (Phi) is 4.48. The molecule has 0 unspecified atom stereocenters. The zero-order valence-electron chi connectivity index (χ0n) is 11.1. The minimum Gasteiger partial charge on any atom is -0.233 e. The third-order valence-electron chi connectivity index (χ3n) is 2.98. The number of benzene rings is 2. The highest BCUT2D eigenvalue weighted by Gasteiger charge is 2.15. The molecule has 0 saturated carbocycles. The largest absolute Gasteiger partial charge is 0.233 e. The lowest BCUT2D eigenvalue weighted by molar-refractivity contribution is 1.11. The Morgan fingerprint density at radius 3 is 2.45 bits per heavy atom. The lowest BCUT2D eigenvalue weighted by Crippen LogP contribution is -2.14. The first-order valence-electron chi connectivity index (χ1n) is 6.01. The Morgan fingerprint density at radius 2 is 1.85 bits per heavy atom. The monoisotopic (exact) mass is 304 g/mol. The Hall–Kier alpha value is -1.77. The summed E-state index contributed by atoms with van der Waals surface area (Å²) in [5.74, 6) is 0. The molecule has 0 aliphatic carbocycles. The molecule has 102 valence electrons. The van der Waals surface area contributed by atoms with Crippen molar-refractivity contribution < 1.29 is 0 Å². The molecule has 0 spiro atoms. The average molecular weight is 305 g/mol.